The lowest BCUT2D eigenvalue weighted by atomic mass is 10.1. The Morgan fingerprint density at radius 3 is 2.72 bits per heavy atom. The first kappa shape index (κ1) is 13.5. The summed E-state index contributed by atoms with van der Waals surface area (Å²) in [4.78, 5) is 12.8. The van der Waals surface area contributed by atoms with Crippen LogP contribution in [0.3, 0.4) is 0 Å². The predicted molar refractivity (Wildman–Crippen MR) is 73.5 cm³/mol. The molecule has 1 aliphatic heterocycles. The molecule has 0 unspecified atom stereocenters. The number of halogens is 1. The molecule has 1 N–H and O–H groups in total. The number of nitro benzene ring substituents is 1. The molecule has 1 fully saturated rings. The predicted octanol–water partition coefficient (Wildman–Crippen LogP) is 2.15. The minimum atomic E-state index is -0.352. The van der Waals surface area contributed by atoms with Crippen molar-refractivity contribution in [3.05, 3.63) is 38.3 Å². The average Bonchev–Trinajstić information content (AvgIpc) is 2.24. The maximum Gasteiger partial charge on any atom is 0.270 e. The highest BCUT2D eigenvalue weighted by Gasteiger charge is 2.23. The smallest absolute Gasteiger partial charge is 0.270 e. The number of nitrogens with one attached hydrogen (secondary N) is 1. The summed E-state index contributed by atoms with van der Waals surface area (Å²) in [6.45, 7) is 5.83. The summed E-state index contributed by atoms with van der Waals surface area (Å²) in [7, 11) is 0. The molecule has 0 saturated carbocycles. The van der Waals surface area contributed by atoms with Crippen LogP contribution in [0.4, 0.5) is 5.69 Å². The van der Waals surface area contributed by atoms with E-state index in [4.69, 9.17) is 0 Å². The van der Waals surface area contributed by atoms with Crippen LogP contribution < -0.4 is 5.32 Å². The Hall–Kier alpha value is -0.980. The summed E-state index contributed by atoms with van der Waals surface area (Å²) in [6, 6.07) is 5.68. The van der Waals surface area contributed by atoms with Gasteiger partial charge >= 0.3 is 0 Å². The number of nitro groups is 1. The SMILES string of the molecule is CCN(Cc1cc(Br)cc([N+](=O)[O-])c1)C1CNC1. The Morgan fingerprint density at radius 1 is 1.50 bits per heavy atom. The van der Waals surface area contributed by atoms with Gasteiger partial charge in [-0.1, -0.05) is 22.9 Å². The Kier molecular flexibility index (Phi) is 4.31. The van der Waals surface area contributed by atoms with Crippen LogP contribution >= 0.6 is 15.9 Å². The minimum Gasteiger partial charge on any atom is -0.314 e. The van der Waals surface area contributed by atoms with E-state index in [1.807, 2.05) is 6.07 Å². The van der Waals surface area contributed by atoms with Crippen LogP contribution in [0.5, 0.6) is 0 Å². The minimum absolute atomic E-state index is 0.141. The van der Waals surface area contributed by atoms with Gasteiger partial charge < -0.3 is 5.32 Å². The van der Waals surface area contributed by atoms with E-state index in [1.165, 1.54) is 6.07 Å². The van der Waals surface area contributed by atoms with Gasteiger partial charge in [0.15, 0.2) is 0 Å². The second-order valence-corrected chi connectivity index (χ2v) is 5.37. The van der Waals surface area contributed by atoms with Gasteiger partial charge in [0.1, 0.15) is 0 Å². The van der Waals surface area contributed by atoms with Crippen molar-refractivity contribution < 1.29 is 4.92 Å². The van der Waals surface area contributed by atoms with Crippen LogP contribution in [-0.2, 0) is 6.54 Å². The maximum atomic E-state index is 10.8. The van der Waals surface area contributed by atoms with Crippen LogP contribution in [-0.4, -0.2) is 35.5 Å². The lowest BCUT2D eigenvalue weighted by Gasteiger charge is -2.37. The molecular formula is C12H16BrN3O2. The van der Waals surface area contributed by atoms with E-state index in [2.05, 4.69) is 33.1 Å². The number of non-ortho nitro benzene ring substituents is 1. The summed E-state index contributed by atoms with van der Waals surface area (Å²) in [6.07, 6.45) is 0. The van der Waals surface area contributed by atoms with Gasteiger partial charge in [-0.05, 0) is 18.2 Å². The molecule has 0 radical (unpaired) electrons. The highest BCUT2D eigenvalue weighted by molar-refractivity contribution is 9.10. The van der Waals surface area contributed by atoms with Crippen molar-refractivity contribution >= 4 is 21.6 Å². The second kappa shape index (κ2) is 5.77. The summed E-state index contributed by atoms with van der Waals surface area (Å²) in [5.74, 6) is 0. The molecule has 0 aliphatic carbocycles. The fourth-order valence-corrected chi connectivity index (χ4v) is 2.62. The molecule has 1 aromatic rings. The molecule has 0 bridgehead atoms. The fraction of sp³-hybridized carbons (Fsp3) is 0.500. The van der Waals surface area contributed by atoms with Crippen molar-refractivity contribution in [3.63, 3.8) is 0 Å². The molecule has 1 aromatic carbocycles. The van der Waals surface area contributed by atoms with Crippen molar-refractivity contribution in [3.8, 4) is 0 Å². The molecule has 0 aromatic heterocycles. The highest BCUT2D eigenvalue weighted by Crippen LogP contribution is 2.23. The number of hydrogen-bond donors (Lipinski definition) is 1. The molecule has 5 nitrogen and oxygen atoms in total. The Morgan fingerprint density at radius 2 is 2.22 bits per heavy atom. The van der Waals surface area contributed by atoms with E-state index in [1.54, 1.807) is 6.07 Å². The van der Waals surface area contributed by atoms with E-state index in [0.717, 1.165) is 36.2 Å². The van der Waals surface area contributed by atoms with Crippen LogP contribution in [0.1, 0.15) is 12.5 Å². The van der Waals surface area contributed by atoms with Crippen molar-refractivity contribution in [1.82, 2.24) is 10.2 Å². The molecular weight excluding hydrogens is 298 g/mol. The lowest BCUT2D eigenvalue weighted by molar-refractivity contribution is -0.385. The van der Waals surface area contributed by atoms with Gasteiger partial charge in [-0.2, -0.15) is 0 Å². The zero-order valence-corrected chi connectivity index (χ0v) is 11.8. The molecule has 98 valence electrons. The van der Waals surface area contributed by atoms with E-state index in [0.29, 0.717) is 6.04 Å². The van der Waals surface area contributed by atoms with E-state index in [-0.39, 0.29) is 10.6 Å². The molecule has 18 heavy (non-hydrogen) atoms. The van der Waals surface area contributed by atoms with Gasteiger partial charge in [0.2, 0.25) is 0 Å². The standard InChI is InChI=1S/C12H16BrN3O2/c1-2-15(12-6-14-7-12)8-9-3-10(13)5-11(4-9)16(17)18/h3-5,12,14H,2,6-8H2,1H3. The Bertz CT molecular complexity index is 449. The molecule has 1 saturated heterocycles. The van der Waals surface area contributed by atoms with Crippen LogP contribution in [0.15, 0.2) is 22.7 Å². The van der Waals surface area contributed by atoms with Gasteiger partial charge in [-0.3, -0.25) is 15.0 Å². The van der Waals surface area contributed by atoms with Crippen LogP contribution in [0.25, 0.3) is 0 Å². The number of rotatable bonds is 5. The van der Waals surface area contributed by atoms with Crippen molar-refractivity contribution in [2.24, 2.45) is 0 Å². The molecule has 2 rings (SSSR count). The van der Waals surface area contributed by atoms with Crippen molar-refractivity contribution in [2.75, 3.05) is 19.6 Å². The number of benzene rings is 1. The maximum absolute atomic E-state index is 10.8. The highest BCUT2D eigenvalue weighted by atomic mass is 79.9. The fourth-order valence-electron chi connectivity index (χ4n) is 2.10. The molecule has 6 heteroatoms. The lowest BCUT2D eigenvalue weighted by Crippen LogP contribution is -2.56. The number of nitrogens with zero attached hydrogens (tertiary/aromatic N) is 2. The van der Waals surface area contributed by atoms with Crippen molar-refractivity contribution in [2.45, 2.75) is 19.5 Å². The summed E-state index contributed by atoms with van der Waals surface area (Å²) in [5.41, 5.74) is 1.12. The summed E-state index contributed by atoms with van der Waals surface area (Å²) in [5, 5.41) is 14.1. The molecule has 0 atom stereocenters. The van der Waals surface area contributed by atoms with E-state index >= 15 is 0 Å². The number of hydrogen-bond acceptors (Lipinski definition) is 4. The van der Waals surface area contributed by atoms with Gasteiger partial charge in [-0.15, -0.1) is 0 Å². The van der Waals surface area contributed by atoms with Crippen LogP contribution in [0.2, 0.25) is 0 Å². The van der Waals surface area contributed by atoms with Crippen molar-refractivity contribution in [1.29, 1.82) is 0 Å². The summed E-state index contributed by atoms with van der Waals surface area (Å²) >= 11 is 3.33. The van der Waals surface area contributed by atoms with Gasteiger partial charge in [-0.25, -0.2) is 0 Å². The third kappa shape index (κ3) is 3.07. The molecule has 0 amide bonds. The normalized spacial score (nSPS) is 15.7. The summed E-state index contributed by atoms with van der Waals surface area (Å²) < 4.78 is 0.759. The van der Waals surface area contributed by atoms with E-state index < -0.39 is 0 Å². The van der Waals surface area contributed by atoms with E-state index in [9.17, 15) is 10.1 Å². The monoisotopic (exact) mass is 313 g/mol. The quantitative estimate of drug-likeness (QED) is 0.668. The first-order valence-electron chi connectivity index (χ1n) is 5.98. The third-order valence-electron chi connectivity index (χ3n) is 3.22. The first-order chi connectivity index (χ1) is 8.60. The zero-order chi connectivity index (χ0) is 13.1. The first-order valence-corrected chi connectivity index (χ1v) is 6.78. The average molecular weight is 314 g/mol. The van der Waals surface area contributed by atoms with Gasteiger partial charge in [0.05, 0.1) is 4.92 Å². The van der Waals surface area contributed by atoms with Crippen LogP contribution in [0, 0.1) is 10.1 Å². The third-order valence-corrected chi connectivity index (χ3v) is 3.68. The molecule has 1 aliphatic rings. The molecule has 1 heterocycles. The zero-order valence-electron chi connectivity index (χ0n) is 10.2. The largest absolute Gasteiger partial charge is 0.314 e. The Balaban J connectivity index is 2.14. The number of likely N-dealkylation sites (N-methyl/N-ethyl adjacent to an activating group) is 1. The second-order valence-electron chi connectivity index (χ2n) is 4.45. The topological polar surface area (TPSA) is 58.4 Å². The van der Waals surface area contributed by atoms with Gasteiger partial charge in [0, 0.05) is 42.3 Å². The molecule has 0 spiro atoms. The Labute approximate surface area is 114 Å². The van der Waals surface area contributed by atoms with Gasteiger partial charge in [0.25, 0.3) is 5.69 Å².